The van der Waals surface area contributed by atoms with Gasteiger partial charge >= 0.3 is 0 Å². The van der Waals surface area contributed by atoms with Crippen LogP contribution < -0.4 is 5.32 Å². The summed E-state index contributed by atoms with van der Waals surface area (Å²) >= 11 is 8.20. The third kappa shape index (κ3) is 3.76. The molecule has 1 unspecified atom stereocenters. The first-order chi connectivity index (χ1) is 11.0. The minimum atomic E-state index is -0.307. The highest BCUT2D eigenvalue weighted by Crippen LogP contribution is 2.28. The molecule has 0 aliphatic rings. The molecule has 23 heavy (non-hydrogen) atoms. The number of amides is 1. The maximum Gasteiger partial charge on any atom is 0.237 e. The van der Waals surface area contributed by atoms with Crippen LogP contribution >= 0.6 is 43.6 Å². The average molecular weight is 456 g/mol. The molecule has 0 fully saturated rings. The second-order valence-electron chi connectivity index (χ2n) is 4.78. The van der Waals surface area contributed by atoms with Crippen molar-refractivity contribution >= 4 is 60.9 Å². The highest BCUT2D eigenvalue weighted by atomic mass is 79.9. The van der Waals surface area contributed by atoms with Gasteiger partial charge in [-0.2, -0.15) is 0 Å². The third-order valence-corrected chi connectivity index (χ3v) is 5.33. The first-order valence-corrected chi connectivity index (χ1v) is 9.23. The number of thioether (sulfide) groups is 1. The van der Waals surface area contributed by atoms with Crippen LogP contribution in [0.5, 0.6) is 0 Å². The summed E-state index contributed by atoms with van der Waals surface area (Å²) < 4.78 is 3.63. The van der Waals surface area contributed by atoms with Crippen molar-refractivity contribution < 1.29 is 4.79 Å². The molecular weight excluding hydrogens is 444 g/mol. The van der Waals surface area contributed by atoms with Crippen molar-refractivity contribution in [3.8, 4) is 0 Å². The summed E-state index contributed by atoms with van der Waals surface area (Å²) in [7, 11) is 0. The molecule has 8 heteroatoms. The number of hydrogen-bond acceptors (Lipinski definition) is 4. The minimum Gasteiger partial charge on any atom is -0.324 e. The van der Waals surface area contributed by atoms with E-state index in [1.165, 1.54) is 11.8 Å². The highest BCUT2D eigenvalue weighted by molar-refractivity contribution is 9.11. The van der Waals surface area contributed by atoms with Gasteiger partial charge in [-0.15, -0.1) is 10.2 Å². The molecule has 3 aromatic rings. The third-order valence-electron chi connectivity index (χ3n) is 3.12. The Morgan fingerprint density at radius 1 is 1.26 bits per heavy atom. The number of pyridine rings is 1. The second kappa shape index (κ2) is 7.02. The fraction of sp³-hybridized carbons (Fsp3) is 0.133. The summed E-state index contributed by atoms with van der Waals surface area (Å²) in [5.41, 5.74) is 1.50. The number of hydrogen-bond donors (Lipinski definition) is 1. The Labute approximate surface area is 154 Å². The number of benzene rings is 1. The van der Waals surface area contributed by atoms with Gasteiger partial charge in [0.2, 0.25) is 5.91 Å². The Morgan fingerprint density at radius 2 is 2.09 bits per heavy atom. The van der Waals surface area contributed by atoms with Gasteiger partial charge in [0, 0.05) is 15.1 Å². The Kier molecular flexibility index (Phi) is 5.03. The first-order valence-electron chi connectivity index (χ1n) is 6.77. The number of carbonyl (C=O) groups is 1. The van der Waals surface area contributed by atoms with Gasteiger partial charge in [0.25, 0.3) is 0 Å². The Hall–Kier alpha value is -1.38. The maximum atomic E-state index is 12.4. The van der Waals surface area contributed by atoms with E-state index in [0.29, 0.717) is 5.16 Å². The van der Waals surface area contributed by atoms with Gasteiger partial charge in [0.1, 0.15) is 0 Å². The zero-order chi connectivity index (χ0) is 16.4. The van der Waals surface area contributed by atoms with Gasteiger partial charge in [-0.3, -0.25) is 9.20 Å². The molecule has 0 radical (unpaired) electrons. The molecule has 0 aliphatic carbocycles. The van der Waals surface area contributed by atoms with Gasteiger partial charge < -0.3 is 5.32 Å². The lowest BCUT2D eigenvalue weighted by Gasteiger charge is -2.12. The number of aromatic nitrogens is 3. The number of anilines is 1. The molecule has 1 N–H and O–H groups in total. The lowest BCUT2D eigenvalue weighted by atomic mass is 10.3. The summed E-state index contributed by atoms with van der Waals surface area (Å²) in [6.45, 7) is 1.84. The summed E-state index contributed by atoms with van der Waals surface area (Å²) in [6.07, 6.45) is 1.88. The van der Waals surface area contributed by atoms with Crippen LogP contribution in [0.4, 0.5) is 5.69 Å². The number of fused-ring (bicyclic) bond motifs is 1. The molecule has 0 saturated carbocycles. The molecule has 2 heterocycles. The Morgan fingerprint density at radius 3 is 2.87 bits per heavy atom. The average Bonchev–Trinajstić information content (AvgIpc) is 2.93. The Balaban J connectivity index is 1.72. The fourth-order valence-electron chi connectivity index (χ4n) is 1.94. The molecule has 2 aromatic heterocycles. The van der Waals surface area contributed by atoms with Crippen LogP contribution in [0.15, 0.2) is 56.7 Å². The van der Waals surface area contributed by atoms with Gasteiger partial charge in [-0.25, -0.2) is 0 Å². The summed E-state index contributed by atoms with van der Waals surface area (Å²) in [6, 6.07) is 11.3. The number of nitrogens with one attached hydrogen (secondary N) is 1. The van der Waals surface area contributed by atoms with Crippen molar-refractivity contribution in [2.24, 2.45) is 0 Å². The Bertz CT molecular complexity index is 868. The largest absolute Gasteiger partial charge is 0.324 e. The van der Waals surface area contributed by atoms with Gasteiger partial charge in [0.05, 0.1) is 10.9 Å². The standard InChI is InChI=1S/C15H12Br2N4OS/c1-9(14(22)18-12-6-5-10(16)8-11(12)17)23-15-20-19-13-4-2-3-7-21(13)15/h2-9H,1H3,(H,18,22). The predicted octanol–water partition coefficient (Wildman–Crippen LogP) is 4.37. The maximum absolute atomic E-state index is 12.4. The topological polar surface area (TPSA) is 59.3 Å². The molecule has 0 saturated heterocycles. The quantitative estimate of drug-likeness (QED) is 0.593. The van der Waals surface area contributed by atoms with E-state index < -0.39 is 0 Å². The lowest BCUT2D eigenvalue weighted by molar-refractivity contribution is -0.115. The fourth-order valence-corrected chi connectivity index (χ4v) is 3.92. The highest BCUT2D eigenvalue weighted by Gasteiger charge is 2.18. The van der Waals surface area contributed by atoms with E-state index in [0.717, 1.165) is 20.3 Å². The van der Waals surface area contributed by atoms with Crippen LogP contribution in [-0.2, 0) is 4.79 Å². The van der Waals surface area contributed by atoms with E-state index in [1.54, 1.807) is 0 Å². The molecule has 118 valence electrons. The van der Waals surface area contributed by atoms with Gasteiger partial charge in [-0.1, -0.05) is 33.8 Å². The zero-order valence-corrected chi connectivity index (χ0v) is 16.0. The van der Waals surface area contributed by atoms with E-state index in [2.05, 4.69) is 47.4 Å². The van der Waals surface area contributed by atoms with Gasteiger partial charge in [0.15, 0.2) is 10.8 Å². The summed E-state index contributed by atoms with van der Waals surface area (Å²) in [4.78, 5) is 12.4. The van der Waals surface area contributed by atoms with Crippen molar-refractivity contribution in [1.82, 2.24) is 14.6 Å². The molecule has 5 nitrogen and oxygen atoms in total. The minimum absolute atomic E-state index is 0.0919. The molecule has 0 aliphatic heterocycles. The summed E-state index contributed by atoms with van der Waals surface area (Å²) in [5.74, 6) is -0.0919. The van der Waals surface area contributed by atoms with E-state index >= 15 is 0 Å². The number of rotatable bonds is 4. The second-order valence-corrected chi connectivity index (χ2v) is 7.86. The molecule has 0 spiro atoms. The van der Waals surface area contributed by atoms with Gasteiger partial charge in [-0.05, 0) is 53.2 Å². The molecule has 1 amide bonds. The monoisotopic (exact) mass is 454 g/mol. The van der Waals surface area contributed by atoms with Crippen molar-refractivity contribution in [3.05, 3.63) is 51.5 Å². The normalized spacial score (nSPS) is 12.3. The molecule has 1 atom stereocenters. The number of carbonyl (C=O) groups excluding carboxylic acids is 1. The van der Waals surface area contributed by atoms with E-state index in [9.17, 15) is 4.79 Å². The van der Waals surface area contributed by atoms with Crippen LogP contribution in [-0.4, -0.2) is 25.8 Å². The molecule has 0 bridgehead atoms. The van der Waals surface area contributed by atoms with Crippen LogP contribution in [0.25, 0.3) is 5.65 Å². The van der Waals surface area contributed by atoms with Crippen molar-refractivity contribution in [2.45, 2.75) is 17.3 Å². The van der Waals surface area contributed by atoms with E-state index in [-0.39, 0.29) is 11.2 Å². The molecule has 3 rings (SSSR count). The number of halogens is 2. The molecule has 1 aromatic carbocycles. The van der Waals surface area contributed by atoms with Crippen LogP contribution in [0.1, 0.15) is 6.92 Å². The predicted molar refractivity (Wildman–Crippen MR) is 98.8 cm³/mol. The van der Waals surface area contributed by atoms with Crippen molar-refractivity contribution in [1.29, 1.82) is 0 Å². The van der Waals surface area contributed by atoms with Crippen molar-refractivity contribution in [2.75, 3.05) is 5.32 Å². The number of nitrogens with zero attached hydrogens (tertiary/aromatic N) is 3. The van der Waals surface area contributed by atoms with Crippen molar-refractivity contribution in [3.63, 3.8) is 0 Å². The summed E-state index contributed by atoms with van der Waals surface area (Å²) in [5, 5.41) is 11.5. The van der Waals surface area contributed by atoms with E-state index in [1.807, 2.05) is 53.9 Å². The van der Waals surface area contributed by atoms with Crippen LogP contribution in [0.2, 0.25) is 0 Å². The first kappa shape index (κ1) is 16.5. The van der Waals surface area contributed by atoms with Crippen LogP contribution in [0.3, 0.4) is 0 Å². The van der Waals surface area contributed by atoms with E-state index in [4.69, 9.17) is 0 Å². The molecular formula is C15H12Br2N4OS. The SMILES string of the molecule is CC(Sc1nnc2ccccn12)C(=O)Nc1ccc(Br)cc1Br. The zero-order valence-electron chi connectivity index (χ0n) is 12.0. The lowest BCUT2D eigenvalue weighted by Crippen LogP contribution is -2.22. The van der Waals surface area contributed by atoms with Crippen LogP contribution in [0, 0.1) is 0 Å². The smallest absolute Gasteiger partial charge is 0.237 e.